The van der Waals surface area contributed by atoms with Gasteiger partial charge in [0.15, 0.2) is 5.60 Å². The van der Waals surface area contributed by atoms with Crippen molar-refractivity contribution in [1.29, 1.82) is 0 Å². The molecule has 0 unspecified atom stereocenters. The average Bonchev–Trinajstić information content (AvgIpc) is 2.31. The summed E-state index contributed by atoms with van der Waals surface area (Å²) in [4.78, 5) is 22.6. The number of esters is 1. The molecule has 0 aromatic heterocycles. The highest BCUT2D eigenvalue weighted by atomic mass is 19.1. The van der Waals surface area contributed by atoms with Crippen LogP contribution in [-0.2, 0) is 9.53 Å². The molecular formula is C13H15FO5. The van der Waals surface area contributed by atoms with Gasteiger partial charge in [0.1, 0.15) is 17.1 Å². The van der Waals surface area contributed by atoms with E-state index in [1.807, 2.05) is 0 Å². The van der Waals surface area contributed by atoms with Gasteiger partial charge < -0.3 is 14.6 Å². The van der Waals surface area contributed by atoms with E-state index in [0.717, 1.165) is 12.1 Å². The van der Waals surface area contributed by atoms with Gasteiger partial charge in [0, 0.05) is 0 Å². The average molecular weight is 270 g/mol. The zero-order valence-electron chi connectivity index (χ0n) is 10.9. The Morgan fingerprint density at radius 2 is 2.00 bits per heavy atom. The molecule has 0 aliphatic carbocycles. The lowest BCUT2D eigenvalue weighted by Crippen LogP contribution is -2.40. The van der Waals surface area contributed by atoms with Gasteiger partial charge in [-0.1, -0.05) is 0 Å². The van der Waals surface area contributed by atoms with Crippen LogP contribution in [0.5, 0.6) is 5.75 Å². The molecular weight excluding hydrogens is 255 g/mol. The number of halogens is 1. The quantitative estimate of drug-likeness (QED) is 0.831. The second-order valence-electron chi connectivity index (χ2n) is 4.28. The van der Waals surface area contributed by atoms with Crippen molar-refractivity contribution in [3.63, 3.8) is 0 Å². The molecule has 1 aromatic carbocycles. The number of hydrogen-bond donors (Lipinski definition) is 1. The van der Waals surface area contributed by atoms with Crippen LogP contribution in [-0.4, -0.2) is 29.3 Å². The number of carbonyl (C=O) groups is 2. The molecule has 1 aromatic rings. The van der Waals surface area contributed by atoms with Crippen molar-refractivity contribution in [3.8, 4) is 5.75 Å². The summed E-state index contributed by atoms with van der Waals surface area (Å²) in [6.45, 7) is 4.72. The minimum Gasteiger partial charge on any atom is -0.478 e. The fraction of sp³-hybridized carbons (Fsp3) is 0.385. The molecule has 0 saturated carbocycles. The first-order chi connectivity index (χ1) is 8.77. The second kappa shape index (κ2) is 5.69. The van der Waals surface area contributed by atoms with Gasteiger partial charge in [0.2, 0.25) is 0 Å². The summed E-state index contributed by atoms with van der Waals surface area (Å²) in [5.41, 5.74) is -1.71. The van der Waals surface area contributed by atoms with Crippen molar-refractivity contribution in [1.82, 2.24) is 0 Å². The predicted molar refractivity (Wildman–Crippen MR) is 64.7 cm³/mol. The Morgan fingerprint density at radius 3 is 2.53 bits per heavy atom. The zero-order valence-corrected chi connectivity index (χ0v) is 10.9. The third-order valence-electron chi connectivity index (χ3n) is 2.30. The Hall–Kier alpha value is -2.11. The largest absolute Gasteiger partial charge is 0.478 e. The Labute approximate surface area is 109 Å². The molecule has 0 atom stereocenters. The van der Waals surface area contributed by atoms with Crippen molar-refractivity contribution in [2.24, 2.45) is 0 Å². The molecule has 0 saturated heterocycles. The smallest absolute Gasteiger partial charge is 0.349 e. The molecule has 0 aliphatic heterocycles. The van der Waals surface area contributed by atoms with E-state index in [9.17, 15) is 14.0 Å². The second-order valence-corrected chi connectivity index (χ2v) is 4.28. The Kier molecular flexibility index (Phi) is 4.47. The van der Waals surface area contributed by atoms with Crippen LogP contribution in [0.15, 0.2) is 18.2 Å². The molecule has 5 nitrogen and oxygen atoms in total. The van der Waals surface area contributed by atoms with Gasteiger partial charge in [-0.25, -0.2) is 14.0 Å². The fourth-order valence-electron chi connectivity index (χ4n) is 1.38. The molecule has 0 radical (unpaired) electrons. The maximum Gasteiger partial charge on any atom is 0.349 e. The Balaban J connectivity index is 3.05. The normalized spacial score (nSPS) is 10.9. The Bertz CT molecular complexity index is 496. The van der Waals surface area contributed by atoms with E-state index in [1.54, 1.807) is 6.92 Å². The van der Waals surface area contributed by atoms with E-state index in [2.05, 4.69) is 0 Å². The third-order valence-corrected chi connectivity index (χ3v) is 2.30. The molecule has 6 heteroatoms. The minimum absolute atomic E-state index is 0.0908. The molecule has 1 N–H and O–H groups in total. The van der Waals surface area contributed by atoms with Gasteiger partial charge in [0.05, 0.1) is 6.61 Å². The van der Waals surface area contributed by atoms with Gasteiger partial charge in [-0.15, -0.1) is 0 Å². The third kappa shape index (κ3) is 3.67. The van der Waals surface area contributed by atoms with Crippen LogP contribution in [0.2, 0.25) is 0 Å². The number of hydrogen-bond acceptors (Lipinski definition) is 4. The summed E-state index contributed by atoms with van der Waals surface area (Å²) in [7, 11) is 0. The molecule has 19 heavy (non-hydrogen) atoms. The first-order valence-corrected chi connectivity index (χ1v) is 5.67. The SMILES string of the molecule is CCOC(=O)C(C)(C)Oc1ccc(F)cc1C(=O)O. The summed E-state index contributed by atoms with van der Waals surface area (Å²) in [5, 5.41) is 8.97. The molecule has 0 aliphatic rings. The fourth-order valence-corrected chi connectivity index (χ4v) is 1.38. The van der Waals surface area contributed by atoms with E-state index in [4.69, 9.17) is 14.6 Å². The summed E-state index contributed by atoms with van der Waals surface area (Å²) in [5.74, 6) is -2.75. The maximum atomic E-state index is 13.0. The van der Waals surface area contributed by atoms with Gasteiger partial charge in [-0.2, -0.15) is 0 Å². The Morgan fingerprint density at radius 1 is 1.37 bits per heavy atom. The van der Waals surface area contributed by atoms with Crippen LogP contribution in [0.4, 0.5) is 4.39 Å². The van der Waals surface area contributed by atoms with Crippen LogP contribution in [0.3, 0.4) is 0 Å². The summed E-state index contributed by atoms with van der Waals surface area (Å²) in [6.07, 6.45) is 0. The highest BCUT2D eigenvalue weighted by Crippen LogP contribution is 2.25. The summed E-state index contributed by atoms with van der Waals surface area (Å²) < 4.78 is 23.2. The topological polar surface area (TPSA) is 72.8 Å². The number of aromatic carboxylic acids is 1. The number of carbonyl (C=O) groups excluding carboxylic acids is 1. The van der Waals surface area contributed by atoms with Crippen molar-refractivity contribution in [3.05, 3.63) is 29.6 Å². The monoisotopic (exact) mass is 270 g/mol. The van der Waals surface area contributed by atoms with Crippen LogP contribution in [0.1, 0.15) is 31.1 Å². The zero-order chi connectivity index (χ0) is 14.6. The van der Waals surface area contributed by atoms with E-state index >= 15 is 0 Å². The molecule has 0 amide bonds. The molecule has 0 bridgehead atoms. The lowest BCUT2D eigenvalue weighted by atomic mass is 10.1. The lowest BCUT2D eigenvalue weighted by Gasteiger charge is -2.24. The van der Waals surface area contributed by atoms with Gasteiger partial charge in [-0.3, -0.25) is 0 Å². The van der Waals surface area contributed by atoms with Crippen molar-refractivity contribution >= 4 is 11.9 Å². The van der Waals surface area contributed by atoms with E-state index in [-0.39, 0.29) is 17.9 Å². The van der Waals surface area contributed by atoms with Crippen LogP contribution in [0, 0.1) is 5.82 Å². The van der Waals surface area contributed by atoms with Crippen molar-refractivity contribution in [2.75, 3.05) is 6.61 Å². The highest BCUT2D eigenvalue weighted by molar-refractivity contribution is 5.91. The van der Waals surface area contributed by atoms with Crippen molar-refractivity contribution < 1.29 is 28.6 Å². The lowest BCUT2D eigenvalue weighted by molar-refractivity contribution is -0.158. The number of carboxylic acids is 1. The highest BCUT2D eigenvalue weighted by Gasteiger charge is 2.33. The van der Waals surface area contributed by atoms with E-state index in [1.165, 1.54) is 19.9 Å². The van der Waals surface area contributed by atoms with Crippen LogP contribution < -0.4 is 4.74 Å². The first-order valence-electron chi connectivity index (χ1n) is 5.67. The van der Waals surface area contributed by atoms with Crippen molar-refractivity contribution in [2.45, 2.75) is 26.4 Å². The summed E-state index contributed by atoms with van der Waals surface area (Å²) >= 11 is 0. The molecule has 104 valence electrons. The molecule has 1 rings (SSSR count). The summed E-state index contributed by atoms with van der Waals surface area (Å²) in [6, 6.07) is 3.06. The van der Waals surface area contributed by atoms with Gasteiger partial charge in [-0.05, 0) is 39.0 Å². The molecule has 0 fully saturated rings. The number of benzene rings is 1. The van der Waals surface area contributed by atoms with Gasteiger partial charge >= 0.3 is 11.9 Å². The van der Waals surface area contributed by atoms with E-state index in [0.29, 0.717) is 0 Å². The van der Waals surface area contributed by atoms with Crippen LogP contribution >= 0.6 is 0 Å². The molecule has 0 heterocycles. The standard InChI is InChI=1S/C13H15FO5/c1-4-18-12(17)13(2,3)19-10-6-5-8(14)7-9(10)11(15)16/h5-7H,4H2,1-3H3,(H,15,16). The first kappa shape index (κ1) is 14.9. The predicted octanol–water partition coefficient (Wildman–Crippen LogP) is 2.24. The van der Waals surface area contributed by atoms with Crippen LogP contribution in [0.25, 0.3) is 0 Å². The maximum absolute atomic E-state index is 13.0. The number of carboxylic acid groups (broad SMARTS) is 1. The number of ether oxygens (including phenoxy) is 2. The van der Waals surface area contributed by atoms with Gasteiger partial charge in [0.25, 0.3) is 0 Å². The molecule has 0 spiro atoms. The minimum atomic E-state index is -1.36. The number of rotatable bonds is 5. The van der Waals surface area contributed by atoms with E-state index < -0.39 is 23.4 Å².